The third-order valence-electron chi connectivity index (χ3n) is 5.06. The summed E-state index contributed by atoms with van der Waals surface area (Å²) >= 11 is 0. The summed E-state index contributed by atoms with van der Waals surface area (Å²) in [4.78, 5) is 46.2. The normalized spacial score (nSPS) is 18.2. The van der Waals surface area contributed by atoms with Crippen LogP contribution in [0.1, 0.15) is 41.2 Å². The molecular formula is C23H34N4O7. The van der Waals surface area contributed by atoms with Crippen LogP contribution in [0, 0.1) is 11.8 Å². The Morgan fingerprint density at radius 2 is 1.62 bits per heavy atom. The number of carbonyl (C=O) groups excluding carboxylic acids is 4. The molecule has 2 fully saturated rings. The number of hydrogen-bond donors (Lipinski definition) is 4. The van der Waals surface area contributed by atoms with E-state index >= 15 is 0 Å². The number of aliphatic hydroxyl groups is 1. The van der Waals surface area contributed by atoms with E-state index in [1.807, 2.05) is 10.8 Å². The molecule has 11 nitrogen and oxygen atoms in total. The van der Waals surface area contributed by atoms with Gasteiger partial charge in [-0.05, 0) is 24.3 Å². The van der Waals surface area contributed by atoms with Gasteiger partial charge in [-0.1, -0.05) is 7.43 Å². The SMILES string of the molecule is C.COC(=O)c1ccc[nH]1.COC(=O)c1cccn1CC1CNC(=O)C1.O=C1CC(CO)CN1. The third kappa shape index (κ3) is 8.74. The molecule has 4 heterocycles. The van der Waals surface area contributed by atoms with Crippen LogP contribution in [0.4, 0.5) is 0 Å². The molecule has 0 radical (unpaired) electrons. The largest absolute Gasteiger partial charge is 0.464 e. The van der Waals surface area contributed by atoms with Crippen molar-refractivity contribution < 1.29 is 33.8 Å². The molecule has 4 rings (SSSR count). The summed E-state index contributed by atoms with van der Waals surface area (Å²) in [5.74, 6) is -0.117. The van der Waals surface area contributed by atoms with Crippen molar-refractivity contribution in [2.45, 2.75) is 26.8 Å². The number of hydrogen-bond acceptors (Lipinski definition) is 7. The standard InChI is InChI=1S/C11H14N2O3.C6H7NO2.C5H9NO2.CH4/c1-16-11(15)9-3-2-4-13(9)7-8-5-10(14)12-6-8;1-9-6(8)5-3-2-4-7-5;7-3-4-1-5(8)6-2-4;/h2-4,8H,5-7H2,1H3,(H,12,14);2-4,7H,1H3;4,7H,1-3H2,(H,6,8);1H4. The maximum Gasteiger partial charge on any atom is 0.354 e. The van der Waals surface area contributed by atoms with Crippen molar-refractivity contribution in [3.63, 3.8) is 0 Å². The van der Waals surface area contributed by atoms with Gasteiger partial charge in [-0.2, -0.15) is 0 Å². The van der Waals surface area contributed by atoms with Crippen LogP contribution < -0.4 is 10.6 Å². The van der Waals surface area contributed by atoms with Crippen LogP contribution in [0.3, 0.4) is 0 Å². The first kappa shape index (κ1) is 28.4. The summed E-state index contributed by atoms with van der Waals surface area (Å²) in [6.45, 7) is 2.11. The summed E-state index contributed by atoms with van der Waals surface area (Å²) < 4.78 is 10.9. The first-order chi connectivity index (χ1) is 15.9. The minimum atomic E-state index is -0.345. The number of aliphatic hydroxyl groups excluding tert-OH is 1. The van der Waals surface area contributed by atoms with Crippen LogP contribution in [0.15, 0.2) is 36.7 Å². The maximum absolute atomic E-state index is 11.4. The van der Waals surface area contributed by atoms with E-state index in [1.165, 1.54) is 14.2 Å². The average molecular weight is 479 g/mol. The van der Waals surface area contributed by atoms with E-state index < -0.39 is 0 Å². The van der Waals surface area contributed by atoms with Gasteiger partial charge in [0, 0.05) is 63.3 Å². The Bertz CT molecular complexity index is 924. The highest BCUT2D eigenvalue weighted by Gasteiger charge is 2.23. The number of nitrogens with one attached hydrogen (secondary N) is 3. The topological polar surface area (TPSA) is 152 Å². The smallest absolute Gasteiger partial charge is 0.354 e. The maximum atomic E-state index is 11.4. The van der Waals surface area contributed by atoms with Gasteiger partial charge in [0.2, 0.25) is 11.8 Å². The molecule has 2 amide bonds. The highest BCUT2D eigenvalue weighted by molar-refractivity contribution is 5.87. The number of amides is 2. The lowest BCUT2D eigenvalue weighted by molar-refractivity contribution is -0.120. The van der Waals surface area contributed by atoms with Gasteiger partial charge in [0.1, 0.15) is 11.4 Å². The van der Waals surface area contributed by atoms with Crippen molar-refractivity contribution in [3.05, 3.63) is 48.0 Å². The fourth-order valence-electron chi connectivity index (χ4n) is 3.30. The quantitative estimate of drug-likeness (QED) is 0.467. The highest BCUT2D eigenvalue weighted by atomic mass is 16.5. The van der Waals surface area contributed by atoms with Gasteiger partial charge in [0.25, 0.3) is 0 Å². The highest BCUT2D eigenvalue weighted by Crippen LogP contribution is 2.14. The van der Waals surface area contributed by atoms with Gasteiger partial charge in [-0.3, -0.25) is 9.59 Å². The number of nitrogens with zero attached hydrogens (tertiary/aromatic N) is 1. The second kappa shape index (κ2) is 14.5. The minimum Gasteiger partial charge on any atom is -0.464 e. The predicted molar refractivity (Wildman–Crippen MR) is 124 cm³/mol. The summed E-state index contributed by atoms with van der Waals surface area (Å²) in [5, 5.41) is 13.9. The van der Waals surface area contributed by atoms with E-state index in [0.717, 1.165) is 0 Å². The molecule has 0 spiro atoms. The Kier molecular flexibility index (Phi) is 12.1. The fraction of sp³-hybridized carbons (Fsp3) is 0.478. The third-order valence-corrected chi connectivity index (χ3v) is 5.06. The molecule has 0 aromatic carbocycles. The van der Waals surface area contributed by atoms with E-state index in [2.05, 4.69) is 25.1 Å². The average Bonchev–Trinajstić information content (AvgIpc) is 3.62. The molecule has 2 unspecified atom stereocenters. The Balaban J connectivity index is 0.000000274. The van der Waals surface area contributed by atoms with E-state index in [0.29, 0.717) is 43.9 Å². The summed E-state index contributed by atoms with van der Waals surface area (Å²) in [5.41, 5.74) is 1.01. The first-order valence-electron chi connectivity index (χ1n) is 10.5. The fourth-order valence-corrected chi connectivity index (χ4v) is 3.30. The molecule has 2 atom stereocenters. The summed E-state index contributed by atoms with van der Waals surface area (Å²) in [6, 6.07) is 6.92. The Hall–Kier alpha value is -3.60. The van der Waals surface area contributed by atoms with Gasteiger partial charge in [0.05, 0.1) is 14.2 Å². The van der Waals surface area contributed by atoms with Crippen LogP contribution in [0.5, 0.6) is 0 Å². The summed E-state index contributed by atoms with van der Waals surface area (Å²) in [7, 11) is 2.71. The number of aromatic nitrogens is 2. The lowest BCUT2D eigenvalue weighted by Crippen LogP contribution is -2.18. The van der Waals surface area contributed by atoms with Gasteiger partial charge >= 0.3 is 11.9 Å². The number of H-pyrrole nitrogens is 1. The Labute approximate surface area is 198 Å². The Morgan fingerprint density at radius 1 is 1.00 bits per heavy atom. The monoisotopic (exact) mass is 478 g/mol. The van der Waals surface area contributed by atoms with E-state index in [4.69, 9.17) is 5.11 Å². The van der Waals surface area contributed by atoms with Gasteiger partial charge in [0.15, 0.2) is 0 Å². The molecule has 188 valence electrons. The van der Waals surface area contributed by atoms with Gasteiger partial charge < -0.3 is 34.8 Å². The van der Waals surface area contributed by atoms with Gasteiger partial charge in [-0.15, -0.1) is 0 Å². The van der Waals surface area contributed by atoms with Crippen molar-refractivity contribution >= 4 is 23.8 Å². The van der Waals surface area contributed by atoms with Crippen LogP contribution in [0.2, 0.25) is 0 Å². The number of aromatic amines is 1. The molecule has 2 saturated heterocycles. The second-order valence-electron chi connectivity index (χ2n) is 7.54. The minimum absolute atomic E-state index is 0. The zero-order valence-electron chi connectivity index (χ0n) is 18.7. The molecule has 0 aliphatic carbocycles. The van der Waals surface area contributed by atoms with Crippen molar-refractivity contribution in [2.24, 2.45) is 11.8 Å². The number of methoxy groups -OCH3 is 2. The first-order valence-corrected chi connectivity index (χ1v) is 10.5. The van der Waals surface area contributed by atoms with E-state index in [-0.39, 0.29) is 49.6 Å². The molecule has 4 N–H and O–H groups in total. The number of carbonyl (C=O) groups is 4. The lowest BCUT2D eigenvalue weighted by atomic mass is 10.1. The van der Waals surface area contributed by atoms with Crippen LogP contribution in [0.25, 0.3) is 0 Å². The van der Waals surface area contributed by atoms with Crippen LogP contribution in [-0.4, -0.2) is 72.3 Å². The number of esters is 2. The van der Waals surface area contributed by atoms with Crippen molar-refractivity contribution in [3.8, 4) is 0 Å². The molecular weight excluding hydrogens is 444 g/mol. The van der Waals surface area contributed by atoms with Crippen LogP contribution in [-0.2, 0) is 25.6 Å². The molecule has 0 bridgehead atoms. The van der Waals surface area contributed by atoms with Crippen molar-refractivity contribution in [2.75, 3.05) is 33.9 Å². The number of rotatable bonds is 5. The number of ether oxygens (including phenoxy) is 2. The van der Waals surface area contributed by atoms with E-state index in [9.17, 15) is 19.2 Å². The lowest BCUT2D eigenvalue weighted by Gasteiger charge is -2.11. The molecule has 2 aliphatic heterocycles. The second-order valence-corrected chi connectivity index (χ2v) is 7.54. The van der Waals surface area contributed by atoms with Crippen LogP contribution >= 0.6 is 0 Å². The molecule has 34 heavy (non-hydrogen) atoms. The molecule has 2 aromatic heterocycles. The molecule has 0 saturated carbocycles. The zero-order valence-corrected chi connectivity index (χ0v) is 18.7. The predicted octanol–water partition coefficient (Wildman–Crippen LogP) is 0.963. The molecule has 2 aliphatic rings. The molecule has 11 heteroatoms. The summed E-state index contributed by atoms with van der Waals surface area (Å²) in [6.07, 6.45) is 4.52. The van der Waals surface area contributed by atoms with E-state index in [1.54, 1.807) is 30.5 Å². The zero-order chi connectivity index (χ0) is 24.2. The van der Waals surface area contributed by atoms with Crippen molar-refractivity contribution in [1.82, 2.24) is 20.2 Å². The van der Waals surface area contributed by atoms with Crippen molar-refractivity contribution in [1.29, 1.82) is 0 Å². The molecule has 2 aromatic rings. The Morgan fingerprint density at radius 3 is 2.06 bits per heavy atom. The van der Waals surface area contributed by atoms with Gasteiger partial charge in [-0.25, -0.2) is 9.59 Å².